The molecule has 3 rings (SSSR count). The van der Waals surface area contributed by atoms with Gasteiger partial charge in [0.1, 0.15) is 0 Å². The maximum absolute atomic E-state index is 12.7. The van der Waals surface area contributed by atoms with Crippen LogP contribution in [0.3, 0.4) is 0 Å². The Balaban J connectivity index is 1.38. The van der Waals surface area contributed by atoms with E-state index in [-0.39, 0.29) is 11.8 Å². The van der Waals surface area contributed by atoms with Gasteiger partial charge in [0, 0.05) is 45.8 Å². The highest BCUT2D eigenvalue weighted by Crippen LogP contribution is 2.18. The molecular weight excluding hydrogens is 340 g/mol. The summed E-state index contributed by atoms with van der Waals surface area (Å²) in [4.78, 5) is 30.9. The van der Waals surface area contributed by atoms with Crippen molar-refractivity contribution in [2.45, 2.75) is 32.7 Å². The molecule has 0 saturated carbocycles. The van der Waals surface area contributed by atoms with Gasteiger partial charge in [-0.25, -0.2) is 0 Å². The fourth-order valence-corrected chi connectivity index (χ4v) is 3.80. The van der Waals surface area contributed by atoms with Crippen molar-refractivity contribution < 1.29 is 9.59 Å². The van der Waals surface area contributed by atoms with Crippen LogP contribution in [0, 0.1) is 0 Å². The lowest BCUT2D eigenvalue weighted by molar-refractivity contribution is -0.134. The maximum Gasteiger partial charge on any atom is 0.236 e. The minimum atomic E-state index is 0.0928. The van der Waals surface area contributed by atoms with Crippen molar-refractivity contribution >= 4 is 11.8 Å². The van der Waals surface area contributed by atoms with E-state index in [0.29, 0.717) is 26.2 Å². The topological polar surface area (TPSA) is 55.9 Å². The largest absolute Gasteiger partial charge is 0.355 e. The van der Waals surface area contributed by atoms with Crippen molar-refractivity contribution in [2.24, 2.45) is 0 Å². The Bertz CT molecular complexity index is 641. The summed E-state index contributed by atoms with van der Waals surface area (Å²) in [5, 5.41) is 2.96. The smallest absolute Gasteiger partial charge is 0.236 e. The Morgan fingerprint density at radius 3 is 2.44 bits per heavy atom. The number of amides is 2. The molecule has 0 unspecified atom stereocenters. The lowest BCUT2D eigenvalue weighted by Gasteiger charge is -2.36. The average molecular weight is 373 g/mol. The molecular formula is C21H32N4O2. The fourth-order valence-electron chi connectivity index (χ4n) is 3.80. The summed E-state index contributed by atoms with van der Waals surface area (Å²) in [6, 6.07) is 8.51. The van der Waals surface area contributed by atoms with Crippen molar-refractivity contribution in [1.29, 1.82) is 0 Å². The summed E-state index contributed by atoms with van der Waals surface area (Å²) in [6.45, 7) is 8.58. The van der Waals surface area contributed by atoms with Crippen molar-refractivity contribution in [3.05, 3.63) is 35.4 Å². The van der Waals surface area contributed by atoms with E-state index in [0.717, 1.165) is 52.0 Å². The highest BCUT2D eigenvalue weighted by Gasteiger charge is 2.25. The minimum absolute atomic E-state index is 0.0928. The number of rotatable bonds is 7. The fraction of sp³-hybridized carbons (Fsp3) is 0.619. The van der Waals surface area contributed by atoms with E-state index < -0.39 is 0 Å². The Labute approximate surface area is 162 Å². The number of carbonyl (C=O) groups is 2. The molecule has 1 fully saturated rings. The summed E-state index contributed by atoms with van der Waals surface area (Å²) >= 11 is 0. The SMILES string of the molecule is CCCCNC(=O)CN1CCN(C(=O)CN2CCc3ccccc3C2)CC1. The van der Waals surface area contributed by atoms with Gasteiger partial charge in [0.05, 0.1) is 13.1 Å². The second kappa shape index (κ2) is 9.85. The third-order valence-electron chi connectivity index (χ3n) is 5.51. The number of unbranched alkanes of at least 4 members (excludes halogenated alkanes) is 1. The average Bonchev–Trinajstić information content (AvgIpc) is 2.68. The van der Waals surface area contributed by atoms with Gasteiger partial charge < -0.3 is 10.2 Å². The van der Waals surface area contributed by atoms with Gasteiger partial charge in [0.15, 0.2) is 0 Å². The Kier molecular flexibility index (Phi) is 7.24. The van der Waals surface area contributed by atoms with Crippen LogP contribution in [0.5, 0.6) is 0 Å². The second-order valence-electron chi connectivity index (χ2n) is 7.59. The van der Waals surface area contributed by atoms with Crippen LogP contribution in [0.2, 0.25) is 0 Å². The predicted molar refractivity (Wildman–Crippen MR) is 106 cm³/mol. The van der Waals surface area contributed by atoms with E-state index in [1.807, 2.05) is 4.90 Å². The molecule has 2 aliphatic heterocycles. The Morgan fingerprint density at radius 2 is 1.70 bits per heavy atom. The number of benzene rings is 1. The molecule has 27 heavy (non-hydrogen) atoms. The van der Waals surface area contributed by atoms with E-state index in [2.05, 4.69) is 46.3 Å². The molecule has 2 aliphatic rings. The lowest BCUT2D eigenvalue weighted by Crippen LogP contribution is -2.53. The van der Waals surface area contributed by atoms with Crippen LogP contribution in [0.25, 0.3) is 0 Å². The zero-order valence-electron chi connectivity index (χ0n) is 16.5. The summed E-state index contributed by atoms with van der Waals surface area (Å²) < 4.78 is 0. The summed E-state index contributed by atoms with van der Waals surface area (Å²) in [5.41, 5.74) is 2.75. The molecule has 0 aliphatic carbocycles. The van der Waals surface area contributed by atoms with Crippen LogP contribution in [-0.2, 0) is 22.6 Å². The number of fused-ring (bicyclic) bond motifs is 1. The Morgan fingerprint density at radius 1 is 0.963 bits per heavy atom. The van der Waals surface area contributed by atoms with E-state index >= 15 is 0 Å². The number of carbonyl (C=O) groups excluding carboxylic acids is 2. The van der Waals surface area contributed by atoms with Gasteiger partial charge in [-0.15, -0.1) is 0 Å². The number of hydrogen-bond donors (Lipinski definition) is 1. The molecule has 0 aromatic heterocycles. The molecule has 148 valence electrons. The molecule has 1 aromatic carbocycles. The van der Waals surface area contributed by atoms with E-state index in [1.165, 1.54) is 11.1 Å². The number of hydrogen-bond acceptors (Lipinski definition) is 4. The number of piperazine rings is 1. The molecule has 0 radical (unpaired) electrons. The Hall–Kier alpha value is -1.92. The highest BCUT2D eigenvalue weighted by atomic mass is 16.2. The molecule has 1 N–H and O–H groups in total. The van der Waals surface area contributed by atoms with Crippen LogP contribution >= 0.6 is 0 Å². The lowest BCUT2D eigenvalue weighted by atomic mass is 10.00. The normalized spacial score (nSPS) is 18.2. The minimum Gasteiger partial charge on any atom is -0.355 e. The first-order valence-electron chi connectivity index (χ1n) is 10.2. The van der Waals surface area contributed by atoms with E-state index in [4.69, 9.17) is 0 Å². The van der Waals surface area contributed by atoms with Crippen LogP contribution in [-0.4, -0.2) is 78.9 Å². The van der Waals surface area contributed by atoms with Crippen molar-refractivity contribution in [1.82, 2.24) is 20.0 Å². The standard InChI is InChI=1S/C21H32N4O2/c1-2-3-9-22-20(26)16-23-11-13-25(14-12-23)21(27)17-24-10-8-18-6-4-5-7-19(18)15-24/h4-7H,2-3,8-17H2,1H3,(H,22,26). The molecule has 0 bridgehead atoms. The van der Waals surface area contributed by atoms with Gasteiger partial charge in [-0.05, 0) is 24.0 Å². The molecule has 6 heteroatoms. The van der Waals surface area contributed by atoms with E-state index in [1.54, 1.807) is 0 Å². The zero-order chi connectivity index (χ0) is 19.1. The molecule has 0 atom stereocenters. The van der Waals surface area contributed by atoms with Crippen LogP contribution < -0.4 is 5.32 Å². The van der Waals surface area contributed by atoms with E-state index in [9.17, 15) is 9.59 Å². The molecule has 1 aromatic rings. The molecule has 6 nitrogen and oxygen atoms in total. The molecule has 2 amide bonds. The quantitative estimate of drug-likeness (QED) is 0.729. The summed E-state index contributed by atoms with van der Waals surface area (Å²) in [7, 11) is 0. The first-order valence-corrected chi connectivity index (χ1v) is 10.2. The predicted octanol–water partition coefficient (Wildman–Crippen LogP) is 1.11. The van der Waals surface area contributed by atoms with Crippen molar-refractivity contribution in [2.75, 3.05) is 52.4 Å². The third kappa shape index (κ3) is 5.78. The van der Waals surface area contributed by atoms with Gasteiger partial charge in [-0.2, -0.15) is 0 Å². The van der Waals surface area contributed by atoms with Crippen LogP contribution in [0.15, 0.2) is 24.3 Å². The highest BCUT2D eigenvalue weighted by molar-refractivity contribution is 5.79. The third-order valence-corrected chi connectivity index (χ3v) is 5.51. The second-order valence-corrected chi connectivity index (χ2v) is 7.59. The molecule has 2 heterocycles. The summed E-state index contributed by atoms with van der Waals surface area (Å²) in [5.74, 6) is 0.302. The van der Waals surface area contributed by atoms with Crippen LogP contribution in [0.1, 0.15) is 30.9 Å². The van der Waals surface area contributed by atoms with Gasteiger partial charge in [0.2, 0.25) is 11.8 Å². The first kappa shape index (κ1) is 19.8. The van der Waals surface area contributed by atoms with Crippen molar-refractivity contribution in [3.8, 4) is 0 Å². The maximum atomic E-state index is 12.7. The van der Waals surface area contributed by atoms with Gasteiger partial charge in [0.25, 0.3) is 0 Å². The van der Waals surface area contributed by atoms with Crippen molar-refractivity contribution in [3.63, 3.8) is 0 Å². The summed E-state index contributed by atoms with van der Waals surface area (Å²) in [6.07, 6.45) is 3.13. The number of nitrogens with one attached hydrogen (secondary N) is 1. The van der Waals surface area contributed by atoms with Gasteiger partial charge in [-0.1, -0.05) is 37.6 Å². The van der Waals surface area contributed by atoms with Gasteiger partial charge in [-0.3, -0.25) is 19.4 Å². The monoisotopic (exact) mass is 372 g/mol. The number of nitrogens with zero attached hydrogens (tertiary/aromatic N) is 3. The van der Waals surface area contributed by atoms with Crippen LogP contribution in [0.4, 0.5) is 0 Å². The first-order chi connectivity index (χ1) is 13.2. The van der Waals surface area contributed by atoms with Gasteiger partial charge >= 0.3 is 0 Å². The molecule has 1 saturated heterocycles. The zero-order valence-corrected chi connectivity index (χ0v) is 16.5. The molecule has 0 spiro atoms.